The first-order valence-electron chi connectivity index (χ1n) is 11.7. The lowest BCUT2D eigenvalue weighted by atomic mass is 9.92. The molecule has 2 atom stereocenters. The van der Waals surface area contributed by atoms with Gasteiger partial charge in [0.05, 0.1) is 5.56 Å². The molecule has 0 saturated carbocycles. The Kier molecular flexibility index (Phi) is 10.9. The van der Waals surface area contributed by atoms with Crippen molar-refractivity contribution in [2.24, 2.45) is 5.92 Å². The minimum absolute atomic E-state index is 0.0203. The van der Waals surface area contributed by atoms with Gasteiger partial charge in [0.2, 0.25) is 5.91 Å². The van der Waals surface area contributed by atoms with Crippen LogP contribution in [0.1, 0.15) is 58.8 Å². The van der Waals surface area contributed by atoms with Crippen LogP contribution < -0.4 is 5.32 Å². The average molecular weight is 652 g/mol. The fourth-order valence-corrected chi connectivity index (χ4v) is 4.64. The number of Topliss-reactive ketones (excluding diaryl/α,β-unsaturated/α-hetero) is 1. The third-order valence-corrected chi connectivity index (χ3v) is 6.42. The number of allylic oxidation sites excluding steroid dienone is 2. The quantitative estimate of drug-likeness (QED) is 0.217. The first-order chi connectivity index (χ1) is 19.0. The maximum Gasteiger partial charge on any atom is 0.417 e. The summed E-state index contributed by atoms with van der Waals surface area (Å²) in [5, 5.41) is 1.05. The number of hydrogen-bond donors (Lipinski definition) is 1. The lowest BCUT2D eigenvalue weighted by molar-refractivity contribution is -0.140. The van der Waals surface area contributed by atoms with E-state index >= 15 is 4.39 Å². The van der Waals surface area contributed by atoms with Crippen LogP contribution in [0.5, 0.6) is 0 Å². The first kappa shape index (κ1) is 35.1. The molecule has 0 aromatic heterocycles. The van der Waals surface area contributed by atoms with E-state index in [1.165, 1.54) is 12.2 Å². The van der Waals surface area contributed by atoms with Gasteiger partial charge in [0, 0.05) is 39.1 Å². The van der Waals surface area contributed by atoms with Crippen LogP contribution in [0.25, 0.3) is 11.4 Å². The molecule has 15 heteroatoms. The van der Waals surface area contributed by atoms with Crippen molar-refractivity contribution in [1.29, 1.82) is 0 Å². The van der Waals surface area contributed by atoms with E-state index in [-0.39, 0.29) is 27.8 Å². The summed E-state index contributed by atoms with van der Waals surface area (Å²) in [6, 6.07) is 2.99. The van der Waals surface area contributed by atoms with Crippen LogP contribution in [0.2, 0.25) is 10.0 Å². The number of ketones is 1. The highest BCUT2D eigenvalue weighted by Gasteiger charge is 2.41. The molecule has 0 spiro atoms. The van der Waals surface area contributed by atoms with Crippen molar-refractivity contribution in [2.75, 3.05) is 6.54 Å². The average Bonchev–Trinajstić information content (AvgIpc) is 2.82. The lowest BCUT2D eigenvalue weighted by Gasteiger charge is -2.20. The monoisotopic (exact) mass is 651 g/mol. The van der Waals surface area contributed by atoms with Crippen molar-refractivity contribution in [3.8, 4) is 0 Å². The minimum Gasteiger partial charge on any atom is -0.347 e. The molecule has 42 heavy (non-hydrogen) atoms. The first-order valence-corrected chi connectivity index (χ1v) is 12.5. The molecule has 1 unspecified atom stereocenters. The number of benzene rings is 2. The molecular weight excluding hydrogens is 631 g/mol. The van der Waals surface area contributed by atoms with E-state index in [0.29, 0.717) is 17.7 Å². The standard InChI is InChI=1S/C27H21Cl2F10NO2/c1-12(2)23-19(28)8-15(9-20(23)29)17(26(34,35)36)10-21(30)14-4-5-16(18(7-14)27(37,38)39)22(41)6-13(3)24(42)40-11-25(31,32)33/h4-5,7-10,13,17H,1,6,11H2,2-3H3,(H,40,42)/b21-10-/t13-,17?/m0/s1. The molecule has 1 N–H and O–H groups in total. The summed E-state index contributed by atoms with van der Waals surface area (Å²) in [6.07, 6.45) is -16.1. The molecule has 2 rings (SSSR count). The van der Waals surface area contributed by atoms with Gasteiger partial charge < -0.3 is 5.32 Å². The van der Waals surface area contributed by atoms with Crippen LogP contribution in [-0.4, -0.2) is 30.6 Å². The number of alkyl halides is 9. The van der Waals surface area contributed by atoms with E-state index in [1.807, 2.05) is 0 Å². The maximum absolute atomic E-state index is 15.1. The topological polar surface area (TPSA) is 46.2 Å². The van der Waals surface area contributed by atoms with Crippen molar-refractivity contribution >= 4 is 46.3 Å². The van der Waals surface area contributed by atoms with E-state index in [4.69, 9.17) is 23.2 Å². The molecule has 1 amide bonds. The Bertz CT molecular complexity index is 1370. The van der Waals surface area contributed by atoms with Gasteiger partial charge in [0.1, 0.15) is 18.3 Å². The van der Waals surface area contributed by atoms with Crippen molar-refractivity contribution in [3.63, 3.8) is 0 Å². The maximum atomic E-state index is 15.1. The van der Waals surface area contributed by atoms with Gasteiger partial charge in [-0.25, -0.2) is 4.39 Å². The highest BCUT2D eigenvalue weighted by Crippen LogP contribution is 2.43. The second-order valence-electron chi connectivity index (χ2n) is 9.29. The molecule has 0 bridgehead atoms. The SMILES string of the molecule is C=C(C)c1c(Cl)cc(C(/C=C(\F)c2ccc(C(=O)C[C@H](C)C(=O)NCC(F)(F)F)c(C(F)(F)F)c2)C(F)(F)F)cc1Cl. The number of nitrogens with one attached hydrogen (secondary N) is 1. The Labute approximate surface area is 243 Å². The molecule has 3 nitrogen and oxygen atoms in total. The van der Waals surface area contributed by atoms with E-state index in [9.17, 15) is 49.1 Å². The smallest absolute Gasteiger partial charge is 0.347 e. The van der Waals surface area contributed by atoms with Crippen LogP contribution >= 0.6 is 23.2 Å². The molecule has 0 fully saturated rings. The number of carbonyl (C=O) groups is 2. The Morgan fingerprint density at radius 3 is 1.98 bits per heavy atom. The summed E-state index contributed by atoms with van der Waals surface area (Å²) in [6.45, 7) is 4.38. The Hall–Kier alpha value is -3.06. The summed E-state index contributed by atoms with van der Waals surface area (Å²) >= 11 is 12.1. The molecule has 2 aromatic rings. The molecule has 0 aliphatic rings. The zero-order valence-corrected chi connectivity index (χ0v) is 23.1. The van der Waals surface area contributed by atoms with Gasteiger partial charge in [0.15, 0.2) is 5.78 Å². The number of carbonyl (C=O) groups excluding carboxylic acids is 2. The zero-order chi connectivity index (χ0) is 32.4. The van der Waals surface area contributed by atoms with E-state index < -0.39 is 83.1 Å². The van der Waals surface area contributed by atoms with Crippen LogP contribution in [0.4, 0.5) is 43.9 Å². The Balaban J connectivity index is 2.49. The Morgan fingerprint density at radius 2 is 1.52 bits per heavy atom. The number of hydrogen-bond acceptors (Lipinski definition) is 2. The lowest BCUT2D eigenvalue weighted by Crippen LogP contribution is -2.37. The van der Waals surface area contributed by atoms with Crippen LogP contribution in [0.3, 0.4) is 0 Å². The molecule has 230 valence electrons. The van der Waals surface area contributed by atoms with E-state index in [1.54, 1.807) is 0 Å². The molecule has 0 radical (unpaired) electrons. The van der Waals surface area contributed by atoms with Gasteiger partial charge >= 0.3 is 18.5 Å². The highest BCUT2D eigenvalue weighted by molar-refractivity contribution is 6.37. The van der Waals surface area contributed by atoms with Gasteiger partial charge in [-0.15, -0.1) is 0 Å². The van der Waals surface area contributed by atoms with Crippen LogP contribution in [0, 0.1) is 5.92 Å². The van der Waals surface area contributed by atoms with Crippen LogP contribution in [0.15, 0.2) is 43.0 Å². The van der Waals surface area contributed by atoms with E-state index in [0.717, 1.165) is 19.1 Å². The molecule has 0 heterocycles. The van der Waals surface area contributed by atoms with Crippen molar-refractivity contribution < 1.29 is 53.5 Å². The van der Waals surface area contributed by atoms with Gasteiger partial charge in [-0.05, 0) is 42.3 Å². The summed E-state index contributed by atoms with van der Waals surface area (Å²) in [5.41, 5.74) is -3.88. The van der Waals surface area contributed by atoms with Gasteiger partial charge in [-0.3, -0.25) is 9.59 Å². The second-order valence-corrected chi connectivity index (χ2v) is 10.1. The second kappa shape index (κ2) is 13.1. The molecule has 0 saturated heterocycles. The van der Waals surface area contributed by atoms with E-state index in [2.05, 4.69) is 6.58 Å². The third-order valence-electron chi connectivity index (χ3n) is 5.82. The number of rotatable bonds is 9. The van der Waals surface area contributed by atoms with Gasteiger partial charge in [-0.1, -0.05) is 48.8 Å². The molecule has 0 aliphatic heterocycles. The summed E-state index contributed by atoms with van der Waals surface area (Å²) < 4.78 is 135. The fraction of sp³-hybridized carbons (Fsp3) is 0.333. The Morgan fingerprint density at radius 1 is 0.976 bits per heavy atom. The predicted molar refractivity (Wildman–Crippen MR) is 138 cm³/mol. The zero-order valence-electron chi connectivity index (χ0n) is 21.6. The largest absolute Gasteiger partial charge is 0.417 e. The summed E-state index contributed by atoms with van der Waals surface area (Å²) in [5.74, 6) is -8.46. The highest BCUT2D eigenvalue weighted by atomic mass is 35.5. The van der Waals surface area contributed by atoms with Gasteiger partial charge in [0.25, 0.3) is 0 Å². The minimum atomic E-state index is -5.30. The number of halogens is 12. The third kappa shape index (κ3) is 9.22. The predicted octanol–water partition coefficient (Wildman–Crippen LogP) is 9.59. The number of amides is 1. The van der Waals surface area contributed by atoms with Crippen molar-refractivity contribution in [3.05, 3.63) is 80.8 Å². The molecule has 0 aliphatic carbocycles. The molecule has 2 aromatic carbocycles. The fourth-order valence-electron chi connectivity index (χ4n) is 3.82. The normalized spacial score (nSPS) is 14.4. The summed E-state index contributed by atoms with van der Waals surface area (Å²) in [7, 11) is 0. The van der Waals surface area contributed by atoms with Crippen LogP contribution in [-0.2, 0) is 11.0 Å². The molecular formula is C27H21Cl2F10NO2. The van der Waals surface area contributed by atoms with Crippen molar-refractivity contribution in [2.45, 2.75) is 44.7 Å². The van der Waals surface area contributed by atoms with Crippen molar-refractivity contribution in [1.82, 2.24) is 5.32 Å². The van der Waals surface area contributed by atoms with Gasteiger partial charge in [-0.2, -0.15) is 39.5 Å². The summed E-state index contributed by atoms with van der Waals surface area (Å²) in [4.78, 5) is 24.4.